The van der Waals surface area contributed by atoms with Crippen LogP contribution in [0.25, 0.3) is 6.08 Å². The molecule has 1 aromatic heterocycles. The highest BCUT2D eigenvalue weighted by atomic mass is 32.1. The summed E-state index contributed by atoms with van der Waals surface area (Å²) in [5.41, 5.74) is 0.978. The van der Waals surface area contributed by atoms with Gasteiger partial charge in [0.1, 0.15) is 29.6 Å². The molecule has 0 atom stereocenters. The number of nitro benzene ring substituents is 1. The number of nitrogens with zero attached hydrogens (tertiary/aromatic N) is 2. The first-order valence-corrected chi connectivity index (χ1v) is 9.30. The molecule has 150 valence electrons. The number of ether oxygens (including phenoxy) is 1. The standard InChI is InChI=1S/C21H15N3O5S/c25-20-19(22-21(30)23(20)14-4-2-1-3-5-14)12-17-10-11-18(29-17)13-28-16-8-6-15(7-9-16)24(26)27/h1-12H,13H2,(H,22,30)/b19-12+. The highest BCUT2D eigenvalue weighted by Crippen LogP contribution is 2.23. The smallest absolute Gasteiger partial charge is 0.281 e. The number of anilines is 1. The van der Waals surface area contributed by atoms with E-state index in [4.69, 9.17) is 21.4 Å². The molecule has 1 fully saturated rings. The molecule has 0 unspecified atom stereocenters. The summed E-state index contributed by atoms with van der Waals surface area (Å²) >= 11 is 5.28. The molecule has 1 aliphatic heterocycles. The molecular weight excluding hydrogens is 406 g/mol. The van der Waals surface area contributed by atoms with Crippen LogP contribution in [0.5, 0.6) is 5.75 Å². The topological polar surface area (TPSA) is 97.8 Å². The first-order chi connectivity index (χ1) is 14.5. The van der Waals surface area contributed by atoms with Crippen LogP contribution in [0.2, 0.25) is 0 Å². The summed E-state index contributed by atoms with van der Waals surface area (Å²) in [4.78, 5) is 24.3. The van der Waals surface area contributed by atoms with Crippen molar-refractivity contribution in [3.63, 3.8) is 0 Å². The van der Waals surface area contributed by atoms with Crippen molar-refractivity contribution in [2.24, 2.45) is 0 Å². The number of nitro groups is 1. The molecular formula is C21H15N3O5S. The van der Waals surface area contributed by atoms with Gasteiger partial charge in [-0.15, -0.1) is 0 Å². The van der Waals surface area contributed by atoms with Gasteiger partial charge in [-0.2, -0.15) is 0 Å². The summed E-state index contributed by atoms with van der Waals surface area (Å²) in [5, 5.41) is 13.9. The number of carbonyl (C=O) groups excluding carboxylic acids is 1. The van der Waals surface area contributed by atoms with Crippen molar-refractivity contribution in [1.29, 1.82) is 0 Å². The maximum absolute atomic E-state index is 12.7. The van der Waals surface area contributed by atoms with E-state index in [0.717, 1.165) is 0 Å². The van der Waals surface area contributed by atoms with Crippen LogP contribution in [0, 0.1) is 10.1 Å². The monoisotopic (exact) mass is 421 g/mol. The molecule has 3 aromatic rings. The van der Waals surface area contributed by atoms with Gasteiger partial charge in [0.15, 0.2) is 5.11 Å². The summed E-state index contributed by atoms with van der Waals surface area (Å²) in [6.07, 6.45) is 1.58. The van der Waals surface area contributed by atoms with Crippen molar-refractivity contribution in [2.75, 3.05) is 4.90 Å². The lowest BCUT2D eigenvalue weighted by atomic mass is 10.3. The molecule has 0 aliphatic carbocycles. The van der Waals surface area contributed by atoms with Gasteiger partial charge in [-0.05, 0) is 48.6 Å². The van der Waals surface area contributed by atoms with Gasteiger partial charge in [0, 0.05) is 18.2 Å². The maximum atomic E-state index is 12.7. The number of thiocarbonyl (C=S) groups is 1. The molecule has 0 saturated carbocycles. The third-order valence-electron chi connectivity index (χ3n) is 4.29. The van der Waals surface area contributed by atoms with Crippen molar-refractivity contribution >= 4 is 40.7 Å². The van der Waals surface area contributed by atoms with Crippen molar-refractivity contribution in [1.82, 2.24) is 5.32 Å². The fourth-order valence-corrected chi connectivity index (χ4v) is 3.16. The third-order valence-corrected chi connectivity index (χ3v) is 4.57. The Morgan fingerprint density at radius 3 is 2.53 bits per heavy atom. The fourth-order valence-electron chi connectivity index (χ4n) is 2.86. The molecule has 1 aliphatic rings. The summed E-state index contributed by atoms with van der Waals surface area (Å²) in [6.45, 7) is 0.136. The van der Waals surface area contributed by atoms with E-state index < -0.39 is 4.92 Å². The molecule has 0 spiro atoms. The SMILES string of the molecule is O=C1/C(=C\c2ccc(COc3ccc([N+](=O)[O-])cc3)o2)NC(=S)N1c1ccccc1. The zero-order chi connectivity index (χ0) is 21.1. The van der Waals surface area contributed by atoms with Gasteiger partial charge in [0.25, 0.3) is 11.6 Å². The van der Waals surface area contributed by atoms with E-state index in [0.29, 0.717) is 33.8 Å². The lowest BCUT2D eigenvalue weighted by Gasteiger charge is -2.13. The number of hydrogen-bond donors (Lipinski definition) is 1. The Morgan fingerprint density at radius 2 is 1.83 bits per heavy atom. The maximum Gasteiger partial charge on any atom is 0.281 e. The molecule has 0 radical (unpaired) electrons. The summed E-state index contributed by atoms with van der Waals surface area (Å²) in [7, 11) is 0. The average molecular weight is 421 g/mol. The van der Waals surface area contributed by atoms with Crippen LogP contribution in [0.1, 0.15) is 11.5 Å². The number of para-hydroxylation sites is 1. The minimum atomic E-state index is -0.473. The zero-order valence-corrected chi connectivity index (χ0v) is 16.3. The predicted molar refractivity (Wildman–Crippen MR) is 114 cm³/mol. The molecule has 1 amide bonds. The lowest BCUT2D eigenvalue weighted by molar-refractivity contribution is -0.384. The van der Waals surface area contributed by atoms with Crippen molar-refractivity contribution in [3.8, 4) is 5.75 Å². The van der Waals surface area contributed by atoms with Crippen LogP contribution in [0.15, 0.2) is 76.8 Å². The van der Waals surface area contributed by atoms with E-state index >= 15 is 0 Å². The number of rotatable bonds is 6. The number of carbonyl (C=O) groups is 1. The van der Waals surface area contributed by atoms with Gasteiger partial charge in [-0.3, -0.25) is 19.8 Å². The highest BCUT2D eigenvalue weighted by Gasteiger charge is 2.32. The molecule has 1 saturated heterocycles. The lowest BCUT2D eigenvalue weighted by Crippen LogP contribution is -2.30. The first kappa shape index (κ1) is 19.3. The van der Waals surface area contributed by atoms with Crippen LogP contribution >= 0.6 is 12.2 Å². The molecule has 8 nitrogen and oxygen atoms in total. The number of benzene rings is 2. The Balaban J connectivity index is 1.43. The van der Waals surface area contributed by atoms with Gasteiger partial charge >= 0.3 is 0 Å². The van der Waals surface area contributed by atoms with Gasteiger partial charge in [0.05, 0.1) is 10.6 Å². The van der Waals surface area contributed by atoms with Gasteiger partial charge in [0.2, 0.25) is 0 Å². The second-order valence-corrected chi connectivity index (χ2v) is 6.69. The minimum Gasteiger partial charge on any atom is -0.486 e. The predicted octanol–water partition coefficient (Wildman–Crippen LogP) is 4.03. The quantitative estimate of drug-likeness (QED) is 0.278. The largest absolute Gasteiger partial charge is 0.486 e. The van der Waals surface area contributed by atoms with Gasteiger partial charge in [-0.25, -0.2) is 0 Å². The van der Waals surface area contributed by atoms with Gasteiger partial charge in [-0.1, -0.05) is 18.2 Å². The van der Waals surface area contributed by atoms with E-state index in [9.17, 15) is 14.9 Å². The molecule has 4 rings (SSSR count). The number of amides is 1. The Hall–Kier alpha value is -3.98. The molecule has 2 heterocycles. The van der Waals surface area contributed by atoms with Crippen molar-refractivity contribution in [2.45, 2.75) is 6.61 Å². The van der Waals surface area contributed by atoms with Crippen LogP contribution in [0.3, 0.4) is 0 Å². The van der Waals surface area contributed by atoms with E-state index in [1.807, 2.05) is 18.2 Å². The van der Waals surface area contributed by atoms with Crippen LogP contribution in [0.4, 0.5) is 11.4 Å². The van der Waals surface area contributed by atoms with Crippen LogP contribution < -0.4 is 15.0 Å². The van der Waals surface area contributed by atoms with Crippen LogP contribution in [-0.4, -0.2) is 15.9 Å². The molecule has 30 heavy (non-hydrogen) atoms. The second kappa shape index (κ2) is 8.18. The van der Waals surface area contributed by atoms with E-state index in [-0.39, 0.29) is 18.2 Å². The van der Waals surface area contributed by atoms with E-state index in [1.165, 1.54) is 29.2 Å². The average Bonchev–Trinajstić information content (AvgIpc) is 3.31. The minimum absolute atomic E-state index is 0.00884. The fraction of sp³-hybridized carbons (Fsp3) is 0.0476. The summed E-state index contributed by atoms with van der Waals surface area (Å²) < 4.78 is 11.3. The molecule has 1 N–H and O–H groups in total. The Bertz CT molecular complexity index is 1140. The van der Waals surface area contributed by atoms with E-state index in [1.54, 1.807) is 30.3 Å². The van der Waals surface area contributed by atoms with Crippen LogP contribution in [-0.2, 0) is 11.4 Å². The third kappa shape index (κ3) is 4.06. The first-order valence-electron chi connectivity index (χ1n) is 8.89. The number of nitrogens with one attached hydrogen (secondary N) is 1. The molecule has 2 aromatic carbocycles. The van der Waals surface area contributed by atoms with Crippen molar-refractivity contribution in [3.05, 3.63) is 94.1 Å². The Morgan fingerprint density at radius 1 is 1.10 bits per heavy atom. The number of non-ortho nitro benzene ring substituents is 1. The summed E-state index contributed by atoms with van der Waals surface area (Å²) in [6, 6.07) is 18.3. The van der Waals surface area contributed by atoms with E-state index in [2.05, 4.69) is 5.32 Å². The zero-order valence-electron chi connectivity index (χ0n) is 15.5. The Kier molecular flexibility index (Phi) is 5.27. The highest BCUT2D eigenvalue weighted by molar-refractivity contribution is 7.80. The van der Waals surface area contributed by atoms with Crippen molar-refractivity contribution < 1.29 is 18.9 Å². The number of furan rings is 1. The Labute approximate surface area is 176 Å². The van der Waals surface area contributed by atoms with Gasteiger partial charge < -0.3 is 14.5 Å². The normalized spacial score (nSPS) is 14.8. The molecule has 9 heteroatoms. The molecule has 0 bridgehead atoms. The number of hydrogen-bond acceptors (Lipinski definition) is 6. The summed E-state index contributed by atoms with van der Waals surface area (Å²) in [5.74, 6) is 1.21. The second-order valence-electron chi connectivity index (χ2n) is 6.31.